The summed E-state index contributed by atoms with van der Waals surface area (Å²) in [7, 11) is 0. The zero-order valence-corrected chi connectivity index (χ0v) is 11.9. The molecule has 0 N–H and O–H groups in total. The minimum atomic E-state index is -0.198. The predicted molar refractivity (Wildman–Crippen MR) is 83.8 cm³/mol. The van der Waals surface area contributed by atoms with Gasteiger partial charge < -0.3 is 0 Å². The molecule has 21 heavy (non-hydrogen) atoms. The van der Waals surface area contributed by atoms with E-state index in [0.29, 0.717) is 5.92 Å². The molecule has 0 radical (unpaired) electrons. The molecule has 0 amide bonds. The van der Waals surface area contributed by atoms with Crippen LogP contribution in [0.5, 0.6) is 0 Å². The molecule has 1 saturated carbocycles. The second kappa shape index (κ2) is 4.66. The third kappa shape index (κ3) is 2.21. The summed E-state index contributed by atoms with van der Waals surface area (Å²) in [5, 5.41) is 1.14. The molecule has 1 fully saturated rings. The third-order valence-corrected chi connectivity index (χ3v) is 4.21. The summed E-state index contributed by atoms with van der Waals surface area (Å²) in [6.45, 7) is 2.10. The van der Waals surface area contributed by atoms with Gasteiger partial charge >= 0.3 is 0 Å². The van der Waals surface area contributed by atoms with E-state index in [1.54, 1.807) is 0 Å². The number of nitrogens with zero attached hydrogens (tertiary/aromatic N) is 1. The highest BCUT2D eigenvalue weighted by molar-refractivity contribution is 5.96. The van der Waals surface area contributed by atoms with Crippen molar-refractivity contribution >= 4 is 10.9 Å². The largest absolute Gasteiger partial charge is 0.252 e. The molecule has 0 atom stereocenters. The second-order valence-electron chi connectivity index (χ2n) is 5.85. The lowest BCUT2D eigenvalue weighted by atomic mass is 9.97. The van der Waals surface area contributed by atoms with Crippen LogP contribution in [0.3, 0.4) is 0 Å². The van der Waals surface area contributed by atoms with Crippen molar-refractivity contribution in [2.45, 2.75) is 25.7 Å². The fraction of sp³-hybridized carbons (Fsp3) is 0.211. The smallest absolute Gasteiger partial charge is 0.123 e. The molecule has 1 nitrogen and oxygen atoms in total. The highest BCUT2D eigenvalue weighted by Gasteiger charge is 2.26. The second-order valence-corrected chi connectivity index (χ2v) is 5.85. The van der Waals surface area contributed by atoms with Gasteiger partial charge in [0.25, 0.3) is 0 Å². The van der Waals surface area contributed by atoms with E-state index in [4.69, 9.17) is 4.98 Å². The van der Waals surface area contributed by atoms with E-state index in [1.165, 1.54) is 36.2 Å². The average Bonchev–Trinajstić information content (AvgIpc) is 3.32. The van der Waals surface area contributed by atoms with Crippen molar-refractivity contribution < 1.29 is 4.39 Å². The molecule has 4 rings (SSSR count). The van der Waals surface area contributed by atoms with E-state index in [9.17, 15) is 4.39 Å². The zero-order valence-electron chi connectivity index (χ0n) is 11.9. The number of aryl methyl sites for hydroxylation is 1. The topological polar surface area (TPSA) is 12.9 Å². The van der Waals surface area contributed by atoms with Crippen LogP contribution < -0.4 is 0 Å². The Labute approximate surface area is 123 Å². The Morgan fingerprint density at radius 1 is 1.05 bits per heavy atom. The van der Waals surface area contributed by atoms with Crippen LogP contribution in [-0.2, 0) is 0 Å². The van der Waals surface area contributed by atoms with Crippen molar-refractivity contribution in [2.75, 3.05) is 0 Å². The van der Waals surface area contributed by atoms with E-state index in [1.807, 2.05) is 12.1 Å². The van der Waals surface area contributed by atoms with Crippen LogP contribution in [0.2, 0.25) is 0 Å². The van der Waals surface area contributed by atoms with Gasteiger partial charge in [-0.3, -0.25) is 4.98 Å². The van der Waals surface area contributed by atoms with Crippen LogP contribution >= 0.6 is 0 Å². The van der Waals surface area contributed by atoms with Gasteiger partial charge in [-0.15, -0.1) is 0 Å². The molecular weight excluding hydrogens is 261 g/mol. The van der Waals surface area contributed by atoms with Crippen molar-refractivity contribution in [3.8, 4) is 11.1 Å². The normalized spacial score (nSPS) is 14.6. The standard InChI is InChI=1S/C19H16FN/c1-12-3-2-4-16-17(13-7-9-15(20)10-8-13)11-18(14-5-6-14)21-19(12)16/h2-4,7-11,14H,5-6H2,1H3. The van der Waals surface area contributed by atoms with E-state index in [2.05, 4.69) is 31.2 Å². The maximum Gasteiger partial charge on any atom is 0.123 e. The van der Waals surface area contributed by atoms with Crippen molar-refractivity contribution in [2.24, 2.45) is 0 Å². The number of benzene rings is 2. The first-order valence-electron chi connectivity index (χ1n) is 7.38. The van der Waals surface area contributed by atoms with Crippen LogP contribution in [0, 0.1) is 12.7 Å². The first-order chi connectivity index (χ1) is 10.2. The molecule has 0 aliphatic heterocycles. The van der Waals surface area contributed by atoms with Gasteiger partial charge in [-0.2, -0.15) is 0 Å². The molecule has 2 aromatic carbocycles. The quantitative estimate of drug-likeness (QED) is 0.625. The minimum absolute atomic E-state index is 0.198. The van der Waals surface area contributed by atoms with Crippen LogP contribution in [0.15, 0.2) is 48.5 Å². The van der Waals surface area contributed by atoms with Gasteiger partial charge in [-0.1, -0.05) is 30.3 Å². The van der Waals surface area contributed by atoms with Crippen LogP contribution in [-0.4, -0.2) is 4.98 Å². The molecule has 1 heterocycles. The number of aromatic nitrogens is 1. The summed E-state index contributed by atoms with van der Waals surface area (Å²) in [6.07, 6.45) is 2.46. The van der Waals surface area contributed by atoms with Crippen LogP contribution in [0.25, 0.3) is 22.0 Å². The van der Waals surface area contributed by atoms with E-state index in [-0.39, 0.29) is 5.82 Å². The average molecular weight is 277 g/mol. The lowest BCUT2D eigenvalue weighted by Crippen LogP contribution is -1.93. The van der Waals surface area contributed by atoms with E-state index in [0.717, 1.165) is 22.0 Å². The predicted octanol–water partition coefficient (Wildman–Crippen LogP) is 5.23. The molecule has 1 aliphatic carbocycles. The Bertz CT molecular complexity index is 817. The Morgan fingerprint density at radius 3 is 2.52 bits per heavy atom. The molecule has 104 valence electrons. The first kappa shape index (κ1) is 12.5. The Kier molecular flexibility index (Phi) is 2.78. The summed E-state index contributed by atoms with van der Waals surface area (Å²) >= 11 is 0. The van der Waals surface area contributed by atoms with E-state index < -0.39 is 0 Å². The third-order valence-electron chi connectivity index (χ3n) is 4.21. The van der Waals surface area contributed by atoms with Gasteiger partial charge in [0.2, 0.25) is 0 Å². The number of rotatable bonds is 2. The molecule has 2 heteroatoms. The van der Waals surface area contributed by atoms with Gasteiger partial charge in [-0.05, 0) is 54.7 Å². The van der Waals surface area contributed by atoms with Gasteiger partial charge in [0, 0.05) is 17.0 Å². The molecule has 1 aromatic heterocycles. The van der Waals surface area contributed by atoms with E-state index >= 15 is 0 Å². The van der Waals surface area contributed by atoms with Crippen molar-refractivity contribution in [1.82, 2.24) is 4.98 Å². The molecule has 1 aliphatic rings. The van der Waals surface area contributed by atoms with Crippen LogP contribution in [0.4, 0.5) is 4.39 Å². The number of para-hydroxylation sites is 1. The summed E-state index contributed by atoms with van der Waals surface area (Å²) in [5.74, 6) is 0.406. The van der Waals surface area contributed by atoms with Crippen molar-refractivity contribution in [1.29, 1.82) is 0 Å². The number of hydrogen-bond donors (Lipinski definition) is 0. The molecule has 3 aromatic rings. The van der Waals surface area contributed by atoms with Gasteiger partial charge in [0.1, 0.15) is 5.82 Å². The number of fused-ring (bicyclic) bond motifs is 1. The van der Waals surface area contributed by atoms with Gasteiger partial charge in [-0.25, -0.2) is 4.39 Å². The molecular formula is C19H16FN. The Morgan fingerprint density at radius 2 is 1.81 bits per heavy atom. The number of pyridine rings is 1. The Hall–Kier alpha value is -2.22. The minimum Gasteiger partial charge on any atom is -0.252 e. The van der Waals surface area contributed by atoms with Gasteiger partial charge in [0.05, 0.1) is 5.52 Å². The van der Waals surface area contributed by atoms with Crippen molar-refractivity contribution in [3.63, 3.8) is 0 Å². The zero-order chi connectivity index (χ0) is 14.4. The lowest BCUT2D eigenvalue weighted by Gasteiger charge is -2.11. The SMILES string of the molecule is Cc1cccc2c(-c3ccc(F)cc3)cc(C3CC3)nc12. The fourth-order valence-electron chi connectivity index (χ4n) is 2.87. The molecule has 0 unspecified atom stereocenters. The molecule has 0 bridgehead atoms. The molecule has 0 saturated heterocycles. The maximum absolute atomic E-state index is 13.2. The molecule has 0 spiro atoms. The monoisotopic (exact) mass is 277 g/mol. The summed E-state index contributed by atoms with van der Waals surface area (Å²) in [4.78, 5) is 4.87. The highest BCUT2D eigenvalue weighted by Crippen LogP contribution is 2.42. The lowest BCUT2D eigenvalue weighted by molar-refractivity contribution is 0.628. The highest BCUT2D eigenvalue weighted by atomic mass is 19.1. The maximum atomic E-state index is 13.2. The summed E-state index contributed by atoms with van der Waals surface area (Å²) in [5.41, 5.74) is 5.65. The van der Waals surface area contributed by atoms with Crippen LogP contribution in [0.1, 0.15) is 30.0 Å². The number of hydrogen-bond acceptors (Lipinski definition) is 1. The van der Waals surface area contributed by atoms with Crippen molar-refractivity contribution in [3.05, 3.63) is 65.6 Å². The summed E-state index contributed by atoms with van der Waals surface area (Å²) < 4.78 is 13.2. The fourth-order valence-corrected chi connectivity index (χ4v) is 2.87. The summed E-state index contributed by atoms with van der Waals surface area (Å²) in [6, 6.07) is 15.2. The Balaban J connectivity index is 2.01. The first-order valence-corrected chi connectivity index (χ1v) is 7.38. The number of halogens is 1. The van der Waals surface area contributed by atoms with Gasteiger partial charge in [0.15, 0.2) is 0 Å².